The molecule has 5 heteroatoms. The Morgan fingerprint density at radius 3 is 2.75 bits per heavy atom. The van der Waals surface area contributed by atoms with Gasteiger partial charge in [0.05, 0.1) is 5.92 Å². The molecule has 0 radical (unpaired) electrons. The molecule has 20 heavy (non-hydrogen) atoms. The summed E-state index contributed by atoms with van der Waals surface area (Å²) >= 11 is 0. The van der Waals surface area contributed by atoms with E-state index in [2.05, 4.69) is 10.3 Å². The first-order valence-electron chi connectivity index (χ1n) is 6.67. The third-order valence-corrected chi connectivity index (χ3v) is 2.68. The fraction of sp³-hybridized carbons (Fsp3) is 0.467. The van der Waals surface area contributed by atoms with Gasteiger partial charge in [-0.15, -0.1) is 0 Å². The Morgan fingerprint density at radius 2 is 2.10 bits per heavy atom. The number of fused-ring (bicyclic) bond motifs is 1. The lowest BCUT2D eigenvalue weighted by atomic mass is 10.2. The Hall–Kier alpha value is -2.04. The number of carbonyl (C=O) groups excluding carboxylic acids is 1. The monoisotopic (exact) mass is 276 g/mol. The van der Waals surface area contributed by atoms with Crippen molar-refractivity contribution in [2.45, 2.75) is 39.2 Å². The predicted molar refractivity (Wildman–Crippen MR) is 76.7 cm³/mol. The average molecular weight is 276 g/mol. The number of oxazole rings is 1. The zero-order valence-electron chi connectivity index (χ0n) is 12.3. The van der Waals surface area contributed by atoms with Crippen molar-refractivity contribution in [2.75, 3.05) is 6.54 Å². The van der Waals surface area contributed by atoms with Gasteiger partial charge in [0.25, 0.3) is 0 Å². The van der Waals surface area contributed by atoms with Crippen molar-refractivity contribution in [1.82, 2.24) is 10.3 Å². The van der Waals surface area contributed by atoms with E-state index >= 15 is 0 Å². The number of ether oxygens (including phenoxy) is 1. The summed E-state index contributed by atoms with van der Waals surface area (Å²) in [6.45, 7) is 7.86. The van der Waals surface area contributed by atoms with Crippen LogP contribution in [0.15, 0.2) is 28.7 Å². The largest absolute Gasteiger partial charge is 0.444 e. The highest BCUT2D eigenvalue weighted by Crippen LogP contribution is 2.20. The number of alkyl carbamates (subject to hydrolysis) is 1. The fourth-order valence-electron chi connectivity index (χ4n) is 1.74. The van der Waals surface area contributed by atoms with E-state index in [1.165, 1.54) is 0 Å². The molecule has 1 aromatic carbocycles. The highest BCUT2D eigenvalue weighted by atomic mass is 16.6. The molecule has 1 heterocycles. The molecule has 1 aromatic heterocycles. The van der Waals surface area contributed by atoms with Crippen molar-refractivity contribution in [3.8, 4) is 0 Å². The smallest absolute Gasteiger partial charge is 0.407 e. The van der Waals surface area contributed by atoms with Crippen molar-refractivity contribution < 1.29 is 13.9 Å². The lowest BCUT2D eigenvalue weighted by Crippen LogP contribution is -2.34. The van der Waals surface area contributed by atoms with E-state index in [0.717, 1.165) is 11.1 Å². The number of amides is 1. The zero-order chi connectivity index (χ0) is 14.8. The van der Waals surface area contributed by atoms with Crippen molar-refractivity contribution in [1.29, 1.82) is 0 Å². The minimum absolute atomic E-state index is 0.0186. The SMILES string of the molecule is CC(CNC(=O)OC(C)(C)C)c1nc2ccccc2o1. The standard InChI is InChI=1S/C15H20N2O3/c1-10(9-16-14(18)20-15(2,3)4)13-17-11-7-5-6-8-12(11)19-13/h5-8,10H,9H2,1-4H3,(H,16,18). The molecule has 0 aliphatic carbocycles. The first kappa shape index (κ1) is 14.4. The van der Waals surface area contributed by atoms with Crippen LogP contribution in [0.25, 0.3) is 11.1 Å². The number of para-hydroxylation sites is 2. The third kappa shape index (κ3) is 3.73. The number of benzene rings is 1. The minimum atomic E-state index is -0.495. The number of aromatic nitrogens is 1. The van der Waals surface area contributed by atoms with Gasteiger partial charge >= 0.3 is 6.09 Å². The Morgan fingerprint density at radius 1 is 1.40 bits per heavy atom. The topological polar surface area (TPSA) is 64.4 Å². The van der Waals surface area contributed by atoms with E-state index in [1.54, 1.807) is 0 Å². The van der Waals surface area contributed by atoms with Crippen molar-refractivity contribution >= 4 is 17.2 Å². The Labute approximate surface area is 118 Å². The molecule has 2 aromatic rings. The quantitative estimate of drug-likeness (QED) is 0.932. The lowest BCUT2D eigenvalue weighted by molar-refractivity contribution is 0.0524. The van der Waals surface area contributed by atoms with Crippen molar-refractivity contribution in [2.24, 2.45) is 0 Å². The summed E-state index contributed by atoms with van der Waals surface area (Å²) < 4.78 is 10.8. The fourth-order valence-corrected chi connectivity index (χ4v) is 1.74. The summed E-state index contributed by atoms with van der Waals surface area (Å²) in [5.74, 6) is 0.595. The molecule has 108 valence electrons. The lowest BCUT2D eigenvalue weighted by Gasteiger charge is -2.20. The molecular weight excluding hydrogens is 256 g/mol. The number of hydrogen-bond acceptors (Lipinski definition) is 4. The molecule has 2 rings (SSSR count). The van der Waals surface area contributed by atoms with Crippen LogP contribution in [0.1, 0.15) is 39.5 Å². The molecule has 0 bridgehead atoms. The Kier molecular flexibility index (Phi) is 3.97. The van der Waals surface area contributed by atoms with Gasteiger partial charge in [-0.3, -0.25) is 0 Å². The summed E-state index contributed by atoms with van der Waals surface area (Å²) in [6.07, 6.45) is -0.430. The number of nitrogens with one attached hydrogen (secondary N) is 1. The molecule has 0 saturated heterocycles. The molecule has 0 saturated carbocycles. The van der Waals surface area contributed by atoms with Crippen molar-refractivity contribution in [3.05, 3.63) is 30.2 Å². The van der Waals surface area contributed by atoms with E-state index in [1.807, 2.05) is 52.0 Å². The molecule has 1 amide bonds. The van der Waals surface area contributed by atoms with Gasteiger partial charge in [0.15, 0.2) is 11.5 Å². The van der Waals surface area contributed by atoms with Gasteiger partial charge in [-0.1, -0.05) is 19.1 Å². The summed E-state index contributed by atoms with van der Waals surface area (Å²) in [6, 6.07) is 7.59. The number of hydrogen-bond donors (Lipinski definition) is 1. The second-order valence-electron chi connectivity index (χ2n) is 5.80. The average Bonchev–Trinajstić information content (AvgIpc) is 2.77. The highest BCUT2D eigenvalue weighted by molar-refractivity contribution is 5.72. The maximum Gasteiger partial charge on any atom is 0.407 e. The van der Waals surface area contributed by atoms with Gasteiger partial charge in [-0.2, -0.15) is 0 Å². The Balaban J connectivity index is 1.95. The molecule has 0 spiro atoms. The van der Waals surface area contributed by atoms with Gasteiger partial charge in [-0.05, 0) is 32.9 Å². The predicted octanol–water partition coefficient (Wildman–Crippen LogP) is 3.46. The first-order valence-corrected chi connectivity index (χ1v) is 6.67. The maximum atomic E-state index is 11.6. The zero-order valence-corrected chi connectivity index (χ0v) is 12.3. The van der Waals surface area contributed by atoms with Crippen LogP contribution in [0.5, 0.6) is 0 Å². The first-order chi connectivity index (χ1) is 9.35. The van der Waals surface area contributed by atoms with Crippen LogP contribution in [0.2, 0.25) is 0 Å². The second-order valence-corrected chi connectivity index (χ2v) is 5.80. The van der Waals surface area contributed by atoms with Crippen LogP contribution in [0.4, 0.5) is 4.79 Å². The number of carbonyl (C=O) groups is 1. The number of nitrogens with zero attached hydrogens (tertiary/aromatic N) is 1. The van der Waals surface area contributed by atoms with Gasteiger partial charge < -0.3 is 14.5 Å². The highest BCUT2D eigenvalue weighted by Gasteiger charge is 2.18. The second kappa shape index (κ2) is 5.53. The van der Waals surface area contributed by atoms with E-state index in [4.69, 9.17) is 9.15 Å². The molecule has 0 aliphatic heterocycles. The van der Waals surface area contributed by atoms with Gasteiger partial charge in [-0.25, -0.2) is 9.78 Å². The summed E-state index contributed by atoms with van der Waals surface area (Å²) in [5.41, 5.74) is 1.09. The third-order valence-electron chi connectivity index (χ3n) is 2.68. The van der Waals surface area contributed by atoms with Crippen LogP contribution < -0.4 is 5.32 Å². The van der Waals surface area contributed by atoms with Crippen LogP contribution in [-0.2, 0) is 4.74 Å². The van der Waals surface area contributed by atoms with E-state index in [-0.39, 0.29) is 5.92 Å². The molecule has 1 N–H and O–H groups in total. The van der Waals surface area contributed by atoms with Gasteiger partial charge in [0.2, 0.25) is 0 Å². The Bertz CT molecular complexity index is 565. The maximum absolute atomic E-state index is 11.6. The van der Waals surface area contributed by atoms with E-state index in [9.17, 15) is 4.79 Å². The molecule has 0 aliphatic rings. The number of rotatable bonds is 3. The molecule has 1 atom stereocenters. The van der Waals surface area contributed by atoms with Crippen LogP contribution in [0.3, 0.4) is 0 Å². The van der Waals surface area contributed by atoms with Crippen LogP contribution in [0, 0.1) is 0 Å². The van der Waals surface area contributed by atoms with Gasteiger partial charge in [0.1, 0.15) is 11.1 Å². The van der Waals surface area contributed by atoms with Gasteiger partial charge in [0, 0.05) is 6.54 Å². The normalized spacial score (nSPS) is 13.2. The summed E-state index contributed by atoms with van der Waals surface area (Å²) in [5, 5.41) is 2.72. The molecular formula is C15H20N2O3. The molecule has 1 unspecified atom stereocenters. The van der Waals surface area contributed by atoms with Crippen LogP contribution >= 0.6 is 0 Å². The van der Waals surface area contributed by atoms with Crippen molar-refractivity contribution in [3.63, 3.8) is 0 Å². The molecule has 0 fully saturated rings. The van der Waals surface area contributed by atoms with E-state index in [0.29, 0.717) is 12.4 Å². The summed E-state index contributed by atoms with van der Waals surface area (Å²) in [4.78, 5) is 16.0. The van der Waals surface area contributed by atoms with E-state index < -0.39 is 11.7 Å². The minimum Gasteiger partial charge on any atom is -0.444 e. The molecule has 5 nitrogen and oxygen atoms in total. The van der Waals surface area contributed by atoms with Crippen LogP contribution in [-0.4, -0.2) is 23.2 Å². The summed E-state index contributed by atoms with van der Waals surface area (Å²) in [7, 11) is 0.